The van der Waals surface area contributed by atoms with Gasteiger partial charge in [0.1, 0.15) is 50.3 Å². The van der Waals surface area contributed by atoms with Crippen LogP contribution >= 0.6 is 0 Å². The Bertz CT molecular complexity index is 3110. The molecular weight excluding hydrogens is 977 g/mol. The van der Waals surface area contributed by atoms with E-state index < -0.39 is 6.29 Å². The summed E-state index contributed by atoms with van der Waals surface area (Å²) in [4.78, 5) is 12.1. The number of rotatable bonds is 6. The SMILES string of the molecule is c1ccc(N2C3CC(NCN3)N(c3ccccc3)C3NCNC(N3)N(c3ccc4c(c3)c3ccccc3n4-c3ccccc3)C3NCNC(N3)N(c3ccccc3)C3NCNC(N3)N(c3ccccc3)C3NCNC2N3)cc1. The van der Waals surface area contributed by atoms with Gasteiger partial charge >= 0.3 is 0 Å². The number of hydrogen-bond acceptors (Lipinski definition) is 19. The van der Waals surface area contributed by atoms with Crippen molar-refractivity contribution in [3.8, 4) is 5.69 Å². The molecule has 0 spiro atoms. The van der Waals surface area contributed by atoms with Gasteiger partial charge in [-0.15, -0.1) is 0 Å². The van der Waals surface area contributed by atoms with Crippen LogP contribution in [-0.2, 0) is 0 Å². The Labute approximate surface area is 454 Å². The van der Waals surface area contributed by atoms with Gasteiger partial charge in [-0.25, -0.2) is 0 Å². The summed E-state index contributed by atoms with van der Waals surface area (Å²) in [6, 6.07) is 69.1. The molecule has 0 aliphatic carbocycles. The summed E-state index contributed by atoms with van der Waals surface area (Å²) in [5, 5.41) is 57.3. The maximum absolute atomic E-state index is 4.14. The molecule has 0 amide bonds. The topological polar surface area (TPSA) is 190 Å². The monoisotopic (exact) mass is 1040 g/mol. The Kier molecular flexibility index (Phi) is 13.8. The smallest absolute Gasteiger partial charge is 0.140 e. The molecule has 10 bridgehead atoms. The molecule has 0 saturated carbocycles. The third-order valence-corrected chi connectivity index (χ3v) is 15.8. The van der Waals surface area contributed by atoms with Gasteiger partial charge in [0.15, 0.2) is 0 Å². The van der Waals surface area contributed by atoms with E-state index in [4.69, 9.17) is 0 Å². The number of hydrogen-bond donors (Lipinski definition) is 14. The molecule has 8 aromatic rings. The normalized spacial score (nSPS) is 28.1. The Morgan fingerprint density at radius 1 is 0.256 bits per heavy atom. The van der Waals surface area contributed by atoms with Crippen LogP contribution in [0.25, 0.3) is 27.5 Å². The quantitative estimate of drug-likeness (QED) is 0.116. The number of para-hydroxylation sites is 6. The van der Waals surface area contributed by atoms with E-state index in [9.17, 15) is 0 Å². The molecule has 20 nitrogen and oxygen atoms in total. The standard InChI is InChI=1S/C58H68N20/c1-6-18-39(19-7-1)73-47-29-17-16-28-45(47)46-32-44(30-31-48(46)73)78-57-67-36-62-52(70-57)75(41-22-10-3-11-23-41)50-33-49(59-34-60-50)74(40-20-8-2-9-21-40)51-61-35-63-53(69-51)76(42-24-12-4-13-25-42)54-64-37-65-55(71-54)77(43-26-14-5-15-27-43)56-66-38-68-58(78)72-56/h1-32,49-72H,33-38H2. The van der Waals surface area contributed by atoms with E-state index in [-0.39, 0.29) is 56.4 Å². The number of aromatic nitrogens is 1. The fourth-order valence-electron chi connectivity index (χ4n) is 12.3. The highest BCUT2D eigenvalue weighted by atomic mass is 15.7. The average Bonchev–Trinajstić information content (AvgIpc) is 3.89. The van der Waals surface area contributed by atoms with Gasteiger partial charge in [0.05, 0.1) is 50.0 Å². The maximum Gasteiger partial charge on any atom is 0.140 e. The highest BCUT2D eigenvalue weighted by Gasteiger charge is 2.44. The van der Waals surface area contributed by atoms with Gasteiger partial charge in [-0.05, 0) is 84.9 Å². The van der Waals surface area contributed by atoms with Crippen molar-refractivity contribution in [3.05, 3.63) is 194 Å². The fraction of sp³-hybridized carbons (Fsp3) is 0.276. The van der Waals surface area contributed by atoms with Crippen LogP contribution in [0.3, 0.4) is 0 Å². The fourth-order valence-corrected chi connectivity index (χ4v) is 12.3. The van der Waals surface area contributed by atoms with Crippen LogP contribution in [0, 0.1) is 0 Å². The minimum absolute atomic E-state index is 0.109. The van der Waals surface area contributed by atoms with Crippen molar-refractivity contribution in [2.24, 2.45) is 0 Å². The van der Waals surface area contributed by atoms with Crippen molar-refractivity contribution >= 4 is 50.2 Å². The van der Waals surface area contributed by atoms with Crippen LogP contribution < -0.4 is 98.9 Å². The Morgan fingerprint density at radius 2 is 0.564 bits per heavy atom. The molecule has 7 aromatic carbocycles. The van der Waals surface area contributed by atoms with Gasteiger partial charge in [0, 0.05) is 58.0 Å². The summed E-state index contributed by atoms with van der Waals surface area (Å²) < 4.78 is 2.38. The van der Waals surface area contributed by atoms with Crippen LogP contribution in [-0.4, -0.2) is 101 Å². The molecule has 1 aromatic heterocycles. The van der Waals surface area contributed by atoms with Gasteiger partial charge in [-0.2, -0.15) is 0 Å². The van der Waals surface area contributed by atoms with E-state index in [0.717, 1.165) is 51.6 Å². The third-order valence-electron chi connectivity index (χ3n) is 15.8. The zero-order valence-electron chi connectivity index (χ0n) is 43.2. The van der Waals surface area contributed by atoms with Gasteiger partial charge < -0.3 is 29.1 Å². The molecule has 6 aliphatic heterocycles. The second-order valence-electron chi connectivity index (χ2n) is 20.3. The second kappa shape index (κ2) is 21.9. The molecule has 400 valence electrons. The van der Waals surface area contributed by atoms with Crippen molar-refractivity contribution in [1.82, 2.24) is 79.0 Å². The largest absolute Gasteiger partial charge is 0.328 e. The lowest BCUT2D eigenvalue weighted by molar-refractivity contribution is 0.142. The molecule has 6 saturated heterocycles. The van der Waals surface area contributed by atoms with Crippen molar-refractivity contribution in [2.75, 3.05) is 57.8 Å². The Balaban J connectivity index is 0.923. The first-order valence-corrected chi connectivity index (χ1v) is 27.3. The van der Waals surface area contributed by atoms with Gasteiger partial charge in [-0.1, -0.05) is 109 Å². The summed E-state index contributed by atoms with van der Waals surface area (Å²) >= 11 is 0. The third kappa shape index (κ3) is 9.46. The van der Waals surface area contributed by atoms with Gasteiger partial charge in [0.2, 0.25) is 0 Å². The summed E-state index contributed by atoms with van der Waals surface area (Å²) in [6.07, 6.45) is -2.32. The molecule has 6 aliphatic rings. The van der Waals surface area contributed by atoms with Crippen LogP contribution in [0.15, 0.2) is 194 Å². The molecular formula is C58H68N20. The summed E-state index contributed by atoms with van der Waals surface area (Å²) in [7, 11) is 0. The highest BCUT2D eigenvalue weighted by molar-refractivity contribution is 6.10. The highest BCUT2D eigenvalue weighted by Crippen LogP contribution is 2.36. The van der Waals surface area contributed by atoms with Gasteiger partial charge in [-0.3, -0.25) is 74.4 Å². The van der Waals surface area contributed by atoms with E-state index in [0.29, 0.717) is 33.3 Å². The molecule has 14 rings (SSSR count). The zero-order chi connectivity index (χ0) is 51.8. The molecule has 0 radical (unpaired) electrons. The van der Waals surface area contributed by atoms with Crippen LogP contribution in [0.1, 0.15) is 6.42 Å². The van der Waals surface area contributed by atoms with Crippen molar-refractivity contribution in [3.63, 3.8) is 0 Å². The van der Waals surface area contributed by atoms with E-state index >= 15 is 0 Å². The number of benzene rings is 7. The van der Waals surface area contributed by atoms with Crippen molar-refractivity contribution in [2.45, 2.75) is 69.1 Å². The van der Waals surface area contributed by atoms with Crippen molar-refractivity contribution in [1.29, 1.82) is 0 Å². The maximum atomic E-state index is 4.14. The average molecular weight is 1050 g/mol. The second-order valence-corrected chi connectivity index (χ2v) is 20.3. The predicted molar refractivity (Wildman–Crippen MR) is 310 cm³/mol. The summed E-state index contributed by atoms with van der Waals surface area (Å²) in [6.45, 7) is 2.70. The van der Waals surface area contributed by atoms with Crippen LogP contribution in [0.4, 0.5) is 28.4 Å². The van der Waals surface area contributed by atoms with Gasteiger partial charge in [0.25, 0.3) is 0 Å². The number of fused-ring (bicyclic) bond motifs is 13. The molecule has 10 atom stereocenters. The van der Waals surface area contributed by atoms with Crippen LogP contribution in [0.5, 0.6) is 0 Å². The molecule has 7 heterocycles. The summed E-state index contributed by atoms with van der Waals surface area (Å²) in [5.74, 6) is 0. The summed E-state index contributed by atoms with van der Waals surface area (Å²) in [5.41, 5.74) is 8.71. The van der Waals surface area contributed by atoms with E-state index in [2.05, 4.69) is 298 Å². The minimum atomic E-state index is -0.402. The first kappa shape index (κ1) is 49.1. The molecule has 6 fully saturated rings. The molecule has 14 N–H and O–H groups in total. The Morgan fingerprint density at radius 3 is 0.974 bits per heavy atom. The van der Waals surface area contributed by atoms with Crippen LogP contribution in [0.2, 0.25) is 0 Å². The lowest BCUT2D eigenvalue weighted by atomic mass is 10.1. The number of nitrogens with zero attached hydrogens (tertiary/aromatic N) is 6. The molecule has 20 heteroatoms. The van der Waals surface area contributed by atoms with E-state index in [1.165, 1.54) is 10.8 Å². The first-order valence-electron chi connectivity index (χ1n) is 27.3. The lowest BCUT2D eigenvalue weighted by Gasteiger charge is -2.55. The Hall–Kier alpha value is -7.22. The van der Waals surface area contributed by atoms with E-state index in [1.54, 1.807) is 0 Å². The lowest BCUT2D eigenvalue weighted by Crippen LogP contribution is -2.83. The molecule has 10 unspecified atom stereocenters. The first-order chi connectivity index (χ1) is 38.7. The zero-order valence-corrected chi connectivity index (χ0v) is 43.2. The van der Waals surface area contributed by atoms with Crippen molar-refractivity contribution < 1.29 is 0 Å². The molecule has 78 heavy (non-hydrogen) atoms. The number of nitrogens with one attached hydrogen (secondary N) is 14. The number of anilines is 5. The predicted octanol–water partition coefficient (Wildman–Crippen LogP) is 3.05. The minimum Gasteiger partial charge on any atom is -0.328 e. The van der Waals surface area contributed by atoms with E-state index in [1.807, 2.05) is 0 Å².